The molecule has 2 aromatic rings. The molecule has 2 aromatic heterocycles. The highest BCUT2D eigenvalue weighted by atomic mass is 16.5. The van der Waals surface area contributed by atoms with E-state index in [2.05, 4.69) is 34.1 Å². The first kappa shape index (κ1) is 15.2. The van der Waals surface area contributed by atoms with Gasteiger partial charge in [0.05, 0.1) is 5.69 Å². The summed E-state index contributed by atoms with van der Waals surface area (Å²) in [5.41, 5.74) is 0.844. The minimum atomic E-state index is 0.558. The third-order valence-corrected chi connectivity index (χ3v) is 2.95. The maximum Gasteiger partial charge on any atom is 0.224 e. The molecule has 0 fully saturated rings. The van der Waals surface area contributed by atoms with Gasteiger partial charge in [-0.05, 0) is 31.9 Å². The van der Waals surface area contributed by atoms with Gasteiger partial charge >= 0.3 is 0 Å². The topological polar surface area (TPSA) is 59.9 Å². The molecule has 2 heterocycles. The van der Waals surface area contributed by atoms with Gasteiger partial charge in [-0.2, -0.15) is 4.98 Å². The third-order valence-electron chi connectivity index (χ3n) is 2.95. The van der Waals surface area contributed by atoms with Gasteiger partial charge in [0.1, 0.15) is 11.6 Å². The number of nitrogens with zero attached hydrogens (tertiary/aromatic N) is 3. The number of ether oxygens (including phenoxy) is 1. The van der Waals surface area contributed by atoms with Crippen molar-refractivity contribution >= 4 is 5.82 Å². The second-order valence-electron chi connectivity index (χ2n) is 4.87. The van der Waals surface area contributed by atoms with Crippen LogP contribution >= 0.6 is 0 Å². The second kappa shape index (κ2) is 7.57. The molecule has 0 aliphatic rings. The molecule has 0 radical (unpaired) electrons. The molecule has 5 nitrogen and oxygen atoms in total. The van der Waals surface area contributed by atoms with E-state index in [1.165, 1.54) is 0 Å². The molecule has 0 aliphatic heterocycles. The lowest BCUT2D eigenvalue weighted by molar-refractivity contribution is 0.452. The van der Waals surface area contributed by atoms with Crippen LogP contribution in [0, 0.1) is 6.92 Å². The number of rotatable bonds is 7. The number of hydrogen-bond donors (Lipinski definition) is 1. The van der Waals surface area contributed by atoms with Crippen molar-refractivity contribution in [1.82, 2.24) is 15.0 Å². The lowest BCUT2D eigenvalue weighted by Crippen LogP contribution is -2.06. The molecule has 0 aliphatic carbocycles. The van der Waals surface area contributed by atoms with Crippen molar-refractivity contribution in [2.75, 3.05) is 11.9 Å². The third kappa shape index (κ3) is 4.41. The van der Waals surface area contributed by atoms with E-state index in [1.807, 2.05) is 25.1 Å². The van der Waals surface area contributed by atoms with Crippen molar-refractivity contribution in [1.29, 1.82) is 0 Å². The lowest BCUT2D eigenvalue weighted by Gasteiger charge is -2.11. The van der Waals surface area contributed by atoms with Gasteiger partial charge < -0.3 is 10.1 Å². The van der Waals surface area contributed by atoms with Crippen LogP contribution in [0.4, 0.5) is 5.82 Å². The van der Waals surface area contributed by atoms with Crippen LogP contribution in [-0.4, -0.2) is 21.5 Å². The van der Waals surface area contributed by atoms with Crippen LogP contribution in [0.15, 0.2) is 24.4 Å². The van der Waals surface area contributed by atoms with Gasteiger partial charge in [0.25, 0.3) is 0 Å². The Morgan fingerprint density at radius 3 is 2.76 bits per heavy atom. The molecule has 0 spiro atoms. The van der Waals surface area contributed by atoms with Crippen molar-refractivity contribution in [2.24, 2.45) is 0 Å². The quantitative estimate of drug-likeness (QED) is 0.840. The van der Waals surface area contributed by atoms with E-state index >= 15 is 0 Å². The van der Waals surface area contributed by atoms with Gasteiger partial charge in [-0.15, -0.1) is 0 Å². The largest absolute Gasteiger partial charge is 0.437 e. The monoisotopic (exact) mass is 286 g/mol. The Morgan fingerprint density at radius 2 is 2.05 bits per heavy atom. The SMILES string of the molecule is CCCNc1cc(Oc2cccnc2C)nc(CCC)n1. The summed E-state index contributed by atoms with van der Waals surface area (Å²) in [6.45, 7) is 7.03. The minimum Gasteiger partial charge on any atom is -0.437 e. The van der Waals surface area contributed by atoms with Gasteiger partial charge in [-0.3, -0.25) is 4.98 Å². The van der Waals surface area contributed by atoms with Crippen LogP contribution in [0.5, 0.6) is 11.6 Å². The summed E-state index contributed by atoms with van der Waals surface area (Å²) in [4.78, 5) is 13.2. The van der Waals surface area contributed by atoms with Crippen molar-refractivity contribution in [2.45, 2.75) is 40.0 Å². The van der Waals surface area contributed by atoms with E-state index < -0.39 is 0 Å². The number of anilines is 1. The first-order valence-electron chi connectivity index (χ1n) is 7.44. The molecule has 5 heteroatoms. The zero-order valence-corrected chi connectivity index (χ0v) is 12.9. The fourth-order valence-electron chi connectivity index (χ4n) is 1.89. The first-order valence-corrected chi connectivity index (χ1v) is 7.44. The zero-order chi connectivity index (χ0) is 15.1. The lowest BCUT2D eigenvalue weighted by atomic mass is 10.3. The molecule has 0 atom stereocenters. The highest BCUT2D eigenvalue weighted by Gasteiger charge is 2.08. The molecule has 112 valence electrons. The maximum absolute atomic E-state index is 5.86. The Morgan fingerprint density at radius 1 is 1.19 bits per heavy atom. The van der Waals surface area contributed by atoms with Gasteiger partial charge in [-0.25, -0.2) is 4.98 Å². The van der Waals surface area contributed by atoms with E-state index in [4.69, 9.17) is 4.74 Å². The summed E-state index contributed by atoms with van der Waals surface area (Å²) in [6.07, 6.45) is 4.64. The Hall–Kier alpha value is -2.17. The molecule has 0 saturated carbocycles. The number of hydrogen-bond acceptors (Lipinski definition) is 5. The molecule has 0 bridgehead atoms. The van der Waals surface area contributed by atoms with Crippen LogP contribution in [0.1, 0.15) is 38.2 Å². The van der Waals surface area contributed by atoms with Crippen LogP contribution < -0.4 is 10.1 Å². The number of pyridine rings is 1. The Balaban J connectivity index is 2.24. The molecule has 21 heavy (non-hydrogen) atoms. The van der Waals surface area contributed by atoms with E-state index in [9.17, 15) is 0 Å². The zero-order valence-electron chi connectivity index (χ0n) is 12.9. The summed E-state index contributed by atoms with van der Waals surface area (Å²) < 4.78 is 5.86. The Labute approximate surface area is 125 Å². The van der Waals surface area contributed by atoms with Gasteiger partial charge in [0.15, 0.2) is 5.75 Å². The molecule has 0 amide bonds. The predicted octanol–water partition coefficient (Wildman–Crippen LogP) is 3.75. The predicted molar refractivity (Wildman–Crippen MR) is 83.9 cm³/mol. The fraction of sp³-hybridized carbons (Fsp3) is 0.438. The molecular formula is C16H22N4O. The molecular weight excluding hydrogens is 264 g/mol. The summed E-state index contributed by atoms with van der Waals surface area (Å²) in [5, 5.41) is 3.29. The first-order chi connectivity index (χ1) is 10.2. The van der Waals surface area contributed by atoms with E-state index in [-0.39, 0.29) is 0 Å². The van der Waals surface area contributed by atoms with Crippen LogP contribution in [0.25, 0.3) is 0 Å². The average Bonchev–Trinajstić information content (AvgIpc) is 2.48. The summed E-state index contributed by atoms with van der Waals surface area (Å²) in [5.74, 6) is 2.89. The summed E-state index contributed by atoms with van der Waals surface area (Å²) >= 11 is 0. The smallest absolute Gasteiger partial charge is 0.224 e. The van der Waals surface area contributed by atoms with Gasteiger partial charge in [0, 0.05) is 25.2 Å². The molecule has 2 rings (SSSR count). The minimum absolute atomic E-state index is 0.558. The van der Waals surface area contributed by atoms with Crippen LogP contribution in [0.2, 0.25) is 0 Å². The van der Waals surface area contributed by atoms with E-state index in [0.717, 1.165) is 48.9 Å². The number of aromatic nitrogens is 3. The average molecular weight is 286 g/mol. The Kier molecular flexibility index (Phi) is 5.49. The van der Waals surface area contributed by atoms with Crippen molar-refractivity contribution in [3.05, 3.63) is 35.9 Å². The highest BCUT2D eigenvalue weighted by molar-refractivity contribution is 5.40. The fourth-order valence-corrected chi connectivity index (χ4v) is 1.89. The molecule has 0 saturated heterocycles. The van der Waals surface area contributed by atoms with E-state index in [0.29, 0.717) is 5.88 Å². The summed E-state index contributed by atoms with van der Waals surface area (Å²) in [6, 6.07) is 5.58. The number of aryl methyl sites for hydroxylation is 2. The summed E-state index contributed by atoms with van der Waals surface area (Å²) in [7, 11) is 0. The van der Waals surface area contributed by atoms with Crippen molar-refractivity contribution in [3.63, 3.8) is 0 Å². The molecule has 1 N–H and O–H groups in total. The molecule has 0 aromatic carbocycles. The van der Waals surface area contributed by atoms with E-state index in [1.54, 1.807) is 6.20 Å². The van der Waals surface area contributed by atoms with Crippen LogP contribution in [0.3, 0.4) is 0 Å². The van der Waals surface area contributed by atoms with Crippen molar-refractivity contribution in [3.8, 4) is 11.6 Å². The maximum atomic E-state index is 5.86. The van der Waals surface area contributed by atoms with Gasteiger partial charge in [-0.1, -0.05) is 13.8 Å². The van der Waals surface area contributed by atoms with Crippen LogP contribution in [-0.2, 0) is 6.42 Å². The van der Waals surface area contributed by atoms with Crippen molar-refractivity contribution < 1.29 is 4.74 Å². The number of nitrogens with one attached hydrogen (secondary N) is 1. The highest BCUT2D eigenvalue weighted by Crippen LogP contribution is 2.23. The van der Waals surface area contributed by atoms with Gasteiger partial charge in [0.2, 0.25) is 5.88 Å². The Bertz CT molecular complexity index is 586. The second-order valence-corrected chi connectivity index (χ2v) is 4.87. The normalized spacial score (nSPS) is 10.4. The molecule has 0 unspecified atom stereocenters. The standard InChI is InChI=1S/C16H22N4O/c1-4-7-14-19-15(18-9-5-2)11-16(20-14)21-13-8-6-10-17-12(13)3/h6,8,10-11H,4-5,7,9H2,1-3H3,(H,18,19,20).